The summed E-state index contributed by atoms with van der Waals surface area (Å²) in [4.78, 5) is 25.5. The van der Waals surface area contributed by atoms with E-state index in [0.29, 0.717) is 24.7 Å². The number of carbonyl (C=O) groups excluding carboxylic acids is 1. The van der Waals surface area contributed by atoms with Crippen molar-refractivity contribution in [3.05, 3.63) is 42.2 Å². The number of methoxy groups -OCH3 is 1. The average Bonchev–Trinajstić information content (AvgIpc) is 2.66. The summed E-state index contributed by atoms with van der Waals surface area (Å²) in [5, 5.41) is 3.21. The monoisotopic (exact) mass is 369 g/mol. The minimum Gasteiger partial charge on any atom is -0.497 e. The number of amides is 1. The maximum Gasteiger partial charge on any atom is 0.272 e. The standard InChI is InChI=1S/C20H27N5O2/c1-20(2,3)23-19-21-10-9-17(22-19)18(26)25-13-11-24(12-14-25)15-5-7-16(27-4)8-6-15/h5-10H,11-14H2,1-4H3,(H,21,22,23). The van der Waals surface area contributed by atoms with E-state index in [1.165, 1.54) is 0 Å². The van der Waals surface area contributed by atoms with Crippen LogP contribution < -0.4 is 15.0 Å². The van der Waals surface area contributed by atoms with Gasteiger partial charge in [-0.15, -0.1) is 0 Å². The van der Waals surface area contributed by atoms with Crippen LogP contribution in [0.2, 0.25) is 0 Å². The highest BCUT2D eigenvalue weighted by atomic mass is 16.5. The highest BCUT2D eigenvalue weighted by molar-refractivity contribution is 5.92. The normalized spacial score (nSPS) is 14.8. The van der Waals surface area contributed by atoms with Gasteiger partial charge in [-0.2, -0.15) is 0 Å². The first-order chi connectivity index (χ1) is 12.9. The molecule has 1 aromatic carbocycles. The van der Waals surface area contributed by atoms with Crippen molar-refractivity contribution < 1.29 is 9.53 Å². The predicted molar refractivity (Wildman–Crippen MR) is 107 cm³/mol. The molecule has 0 spiro atoms. The zero-order chi connectivity index (χ0) is 19.4. The number of carbonyl (C=O) groups is 1. The molecule has 7 heteroatoms. The summed E-state index contributed by atoms with van der Waals surface area (Å²) >= 11 is 0. The highest BCUT2D eigenvalue weighted by Gasteiger charge is 2.24. The topological polar surface area (TPSA) is 70.6 Å². The van der Waals surface area contributed by atoms with E-state index in [9.17, 15) is 4.79 Å². The van der Waals surface area contributed by atoms with Crippen molar-refractivity contribution in [3.63, 3.8) is 0 Å². The molecule has 2 aromatic rings. The van der Waals surface area contributed by atoms with Crippen LogP contribution in [0.3, 0.4) is 0 Å². The number of piperazine rings is 1. The molecule has 0 unspecified atom stereocenters. The Bertz CT molecular complexity index is 778. The molecule has 1 aromatic heterocycles. The number of aromatic nitrogens is 2. The van der Waals surface area contributed by atoms with E-state index in [1.807, 2.05) is 49.9 Å². The van der Waals surface area contributed by atoms with E-state index >= 15 is 0 Å². The Morgan fingerprint density at radius 1 is 1.07 bits per heavy atom. The Morgan fingerprint density at radius 2 is 1.74 bits per heavy atom. The maximum absolute atomic E-state index is 12.8. The minimum atomic E-state index is -0.161. The van der Waals surface area contributed by atoms with Crippen LogP contribution in [0.15, 0.2) is 36.5 Å². The fourth-order valence-electron chi connectivity index (χ4n) is 3.00. The van der Waals surface area contributed by atoms with Crippen molar-refractivity contribution in [1.82, 2.24) is 14.9 Å². The van der Waals surface area contributed by atoms with Crippen LogP contribution in [0.5, 0.6) is 5.75 Å². The molecule has 7 nitrogen and oxygen atoms in total. The van der Waals surface area contributed by atoms with Crippen LogP contribution in [-0.4, -0.2) is 59.6 Å². The van der Waals surface area contributed by atoms with E-state index in [2.05, 4.69) is 20.2 Å². The number of anilines is 2. The third-order valence-electron chi connectivity index (χ3n) is 4.37. The van der Waals surface area contributed by atoms with Crippen molar-refractivity contribution in [2.75, 3.05) is 43.5 Å². The van der Waals surface area contributed by atoms with Gasteiger partial charge in [0.05, 0.1) is 7.11 Å². The van der Waals surface area contributed by atoms with E-state index in [1.54, 1.807) is 19.4 Å². The molecule has 144 valence electrons. The van der Waals surface area contributed by atoms with Gasteiger partial charge in [0, 0.05) is 43.6 Å². The Hall–Kier alpha value is -2.83. The van der Waals surface area contributed by atoms with E-state index in [4.69, 9.17) is 4.74 Å². The fraction of sp³-hybridized carbons (Fsp3) is 0.450. The van der Waals surface area contributed by atoms with E-state index in [-0.39, 0.29) is 11.4 Å². The quantitative estimate of drug-likeness (QED) is 0.893. The van der Waals surface area contributed by atoms with Crippen LogP contribution >= 0.6 is 0 Å². The summed E-state index contributed by atoms with van der Waals surface area (Å²) < 4.78 is 5.21. The van der Waals surface area contributed by atoms with Gasteiger partial charge in [0.25, 0.3) is 5.91 Å². The van der Waals surface area contributed by atoms with E-state index in [0.717, 1.165) is 24.5 Å². The number of ether oxygens (including phenoxy) is 1. The van der Waals surface area contributed by atoms with Crippen molar-refractivity contribution >= 4 is 17.5 Å². The Balaban J connectivity index is 1.62. The smallest absolute Gasteiger partial charge is 0.272 e. The molecule has 1 aliphatic rings. The van der Waals surface area contributed by atoms with Gasteiger partial charge in [-0.05, 0) is 51.1 Å². The van der Waals surface area contributed by atoms with Gasteiger partial charge < -0.3 is 19.9 Å². The molecule has 1 saturated heterocycles. The molecule has 0 aliphatic carbocycles. The largest absolute Gasteiger partial charge is 0.497 e. The lowest BCUT2D eigenvalue weighted by molar-refractivity contribution is 0.0740. The molecule has 0 radical (unpaired) electrons. The van der Waals surface area contributed by atoms with Gasteiger partial charge in [0.15, 0.2) is 0 Å². The van der Waals surface area contributed by atoms with Crippen LogP contribution in [0.1, 0.15) is 31.3 Å². The minimum absolute atomic E-state index is 0.0521. The van der Waals surface area contributed by atoms with Gasteiger partial charge >= 0.3 is 0 Å². The van der Waals surface area contributed by atoms with Crippen LogP contribution in [0, 0.1) is 0 Å². The molecule has 0 atom stereocenters. The Morgan fingerprint density at radius 3 is 2.33 bits per heavy atom. The number of nitrogens with zero attached hydrogens (tertiary/aromatic N) is 4. The summed E-state index contributed by atoms with van der Waals surface area (Å²) in [6, 6.07) is 9.68. The lowest BCUT2D eigenvalue weighted by atomic mass is 10.1. The van der Waals surface area contributed by atoms with Crippen molar-refractivity contribution in [3.8, 4) is 5.75 Å². The predicted octanol–water partition coefficient (Wildman–Crippen LogP) is 2.66. The first-order valence-corrected chi connectivity index (χ1v) is 9.15. The second kappa shape index (κ2) is 7.82. The molecule has 27 heavy (non-hydrogen) atoms. The van der Waals surface area contributed by atoms with Crippen molar-refractivity contribution in [2.24, 2.45) is 0 Å². The summed E-state index contributed by atoms with van der Waals surface area (Å²) in [6.45, 7) is 9.00. The van der Waals surface area contributed by atoms with Gasteiger partial charge in [0.2, 0.25) is 5.95 Å². The van der Waals surface area contributed by atoms with Crippen LogP contribution in [0.4, 0.5) is 11.6 Å². The van der Waals surface area contributed by atoms with Gasteiger partial charge in [-0.3, -0.25) is 4.79 Å². The molecular formula is C20H27N5O2. The third kappa shape index (κ3) is 4.87. The summed E-state index contributed by atoms with van der Waals surface area (Å²) in [6.07, 6.45) is 1.63. The number of rotatable bonds is 4. The number of nitrogens with one attached hydrogen (secondary N) is 1. The zero-order valence-corrected chi connectivity index (χ0v) is 16.4. The second-order valence-electron chi connectivity index (χ2n) is 7.62. The molecular weight excluding hydrogens is 342 g/mol. The summed E-state index contributed by atoms with van der Waals surface area (Å²) in [5.41, 5.74) is 1.40. The molecule has 3 rings (SSSR count). The summed E-state index contributed by atoms with van der Waals surface area (Å²) in [7, 11) is 1.66. The van der Waals surface area contributed by atoms with Crippen molar-refractivity contribution in [1.29, 1.82) is 0 Å². The van der Waals surface area contributed by atoms with E-state index < -0.39 is 0 Å². The highest BCUT2D eigenvalue weighted by Crippen LogP contribution is 2.21. The first-order valence-electron chi connectivity index (χ1n) is 9.15. The molecule has 1 aliphatic heterocycles. The van der Waals surface area contributed by atoms with Crippen LogP contribution in [-0.2, 0) is 0 Å². The van der Waals surface area contributed by atoms with Gasteiger partial charge in [0.1, 0.15) is 11.4 Å². The fourth-order valence-corrected chi connectivity index (χ4v) is 3.00. The molecule has 1 amide bonds. The lowest BCUT2D eigenvalue weighted by Gasteiger charge is -2.36. The number of benzene rings is 1. The van der Waals surface area contributed by atoms with Gasteiger partial charge in [-0.1, -0.05) is 0 Å². The average molecular weight is 369 g/mol. The molecule has 1 N–H and O–H groups in total. The molecule has 0 saturated carbocycles. The summed E-state index contributed by atoms with van der Waals surface area (Å²) in [5.74, 6) is 1.27. The SMILES string of the molecule is COc1ccc(N2CCN(C(=O)c3ccnc(NC(C)(C)C)n3)CC2)cc1. The maximum atomic E-state index is 12.8. The third-order valence-corrected chi connectivity index (χ3v) is 4.37. The lowest BCUT2D eigenvalue weighted by Crippen LogP contribution is -2.49. The Labute approximate surface area is 160 Å². The molecule has 2 heterocycles. The van der Waals surface area contributed by atoms with Gasteiger partial charge in [-0.25, -0.2) is 9.97 Å². The zero-order valence-electron chi connectivity index (χ0n) is 16.4. The Kier molecular flexibility index (Phi) is 5.48. The van der Waals surface area contributed by atoms with Crippen LogP contribution in [0.25, 0.3) is 0 Å². The second-order valence-corrected chi connectivity index (χ2v) is 7.62. The van der Waals surface area contributed by atoms with Crippen molar-refractivity contribution in [2.45, 2.75) is 26.3 Å². The number of hydrogen-bond acceptors (Lipinski definition) is 6. The first kappa shape index (κ1) is 18.9. The number of hydrogen-bond donors (Lipinski definition) is 1. The molecule has 0 bridgehead atoms. The molecule has 1 fully saturated rings.